The van der Waals surface area contributed by atoms with Crippen LogP contribution in [0.25, 0.3) is 0 Å². The molecule has 0 spiro atoms. The zero-order valence-corrected chi connectivity index (χ0v) is 28.5. The van der Waals surface area contributed by atoms with Crippen molar-refractivity contribution >= 4 is 11.9 Å². The molecule has 0 aromatic rings. The average Bonchev–Trinajstić information content (AvgIpc) is 3.05. The molecule has 4 aliphatic carbocycles. The van der Waals surface area contributed by atoms with Gasteiger partial charge in [0.05, 0.1) is 0 Å². The van der Waals surface area contributed by atoms with E-state index in [1.807, 2.05) is 6.92 Å². The van der Waals surface area contributed by atoms with Crippen LogP contribution >= 0.6 is 0 Å². The molecule has 246 valence electrons. The fourth-order valence-corrected chi connectivity index (χ4v) is 16.2. The summed E-state index contributed by atoms with van der Waals surface area (Å²) in [5.41, 5.74) is -3.68. The number of hydrogen-bond donors (Lipinski definition) is 3. The number of fused-ring (bicyclic) bond motifs is 4. The zero-order valence-electron chi connectivity index (χ0n) is 26.4. The van der Waals surface area contributed by atoms with Gasteiger partial charge in [0.1, 0.15) is 0 Å². The van der Waals surface area contributed by atoms with Crippen molar-refractivity contribution in [3.05, 3.63) is 0 Å². The van der Waals surface area contributed by atoms with Gasteiger partial charge in [-0.3, -0.25) is 0 Å². The van der Waals surface area contributed by atoms with Crippen molar-refractivity contribution in [2.45, 2.75) is 91.7 Å². The SMILES string of the molecule is COC[C@]12[C@@H](C)NCN3C[C@@H]4[C@H](OC)[C@H]1C([I-]3)(C1C[C@@]3(O)C(C)[C@@H]1[C@]4(O)[C@@H](OC(C)=O)[C@@H]3OC)[C@@H](OC)C[C@H]2OC(C)=O. The molecule has 3 N–H and O–H groups in total. The van der Waals surface area contributed by atoms with Gasteiger partial charge in [0.2, 0.25) is 0 Å². The Balaban J connectivity index is 1.71. The number of nitrogens with zero attached hydrogens (tertiary/aromatic N) is 1. The molecule has 0 aromatic carbocycles. The predicted molar refractivity (Wildman–Crippen MR) is 147 cm³/mol. The molecular formula is C30H48IN2O10-. The number of hydrogen-bond acceptors (Lipinski definition) is 12. The van der Waals surface area contributed by atoms with Crippen LogP contribution in [-0.4, -0.2) is 125 Å². The number of alkyl halides is 1. The van der Waals surface area contributed by atoms with Crippen molar-refractivity contribution < 1.29 is 69.7 Å². The molecule has 4 saturated carbocycles. The number of ether oxygens (including phenoxy) is 6. The number of carbonyl (C=O) groups is 2. The van der Waals surface area contributed by atoms with E-state index in [-0.39, 0.29) is 35.9 Å². The van der Waals surface area contributed by atoms with Crippen molar-refractivity contribution in [2.75, 3.05) is 48.3 Å². The van der Waals surface area contributed by atoms with E-state index in [4.69, 9.17) is 28.4 Å². The van der Waals surface area contributed by atoms with Crippen LogP contribution in [0.3, 0.4) is 0 Å². The number of methoxy groups -OCH3 is 4. The monoisotopic (exact) mass is 723 g/mol. The molecule has 7 bridgehead atoms. The number of aliphatic hydroxyl groups is 2. The molecule has 13 heteroatoms. The molecule has 0 aromatic heterocycles. The van der Waals surface area contributed by atoms with Gasteiger partial charge in [0.15, 0.2) is 0 Å². The van der Waals surface area contributed by atoms with Gasteiger partial charge in [-0.1, -0.05) is 0 Å². The maximum atomic E-state index is 13.4. The summed E-state index contributed by atoms with van der Waals surface area (Å²) in [4.78, 5) is 25.3. The van der Waals surface area contributed by atoms with E-state index in [2.05, 4.69) is 15.4 Å². The van der Waals surface area contributed by atoms with Crippen LogP contribution in [0.2, 0.25) is 0 Å². The number of halogens is 1. The van der Waals surface area contributed by atoms with E-state index in [9.17, 15) is 19.8 Å². The summed E-state index contributed by atoms with van der Waals surface area (Å²) in [6.07, 6.45) is -2.68. The third-order valence-corrected chi connectivity index (χ3v) is 16.8. The van der Waals surface area contributed by atoms with Gasteiger partial charge in [-0.05, 0) is 0 Å². The first kappa shape index (κ1) is 32.3. The van der Waals surface area contributed by atoms with Gasteiger partial charge in [0.25, 0.3) is 0 Å². The minimum absolute atomic E-state index is 0.163. The van der Waals surface area contributed by atoms with Gasteiger partial charge in [-0.15, -0.1) is 0 Å². The summed E-state index contributed by atoms with van der Waals surface area (Å²) in [5, 5.41) is 29.8. The third-order valence-electron chi connectivity index (χ3n) is 12.4. The van der Waals surface area contributed by atoms with Gasteiger partial charge in [-0.25, -0.2) is 0 Å². The summed E-state index contributed by atoms with van der Waals surface area (Å²) in [7, 11) is 6.58. The summed E-state index contributed by atoms with van der Waals surface area (Å²) < 4.78 is 39.2. The second kappa shape index (κ2) is 11.0. The zero-order chi connectivity index (χ0) is 31.3. The first-order chi connectivity index (χ1) is 20.3. The minimum atomic E-state index is -1.59. The Hall–Kier alpha value is -0.650. The molecule has 16 atom stereocenters. The van der Waals surface area contributed by atoms with Crippen LogP contribution < -0.4 is 26.8 Å². The molecule has 12 nitrogen and oxygen atoms in total. The van der Waals surface area contributed by atoms with Crippen LogP contribution in [0.15, 0.2) is 0 Å². The number of nitrogens with one attached hydrogen (secondary N) is 1. The van der Waals surface area contributed by atoms with E-state index >= 15 is 0 Å². The number of rotatable bonds is 7. The van der Waals surface area contributed by atoms with E-state index < -0.39 is 83.7 Å². The Morgan fingerprint density at radius 3 is 2.23 bits per heavy atom. The Kier molecular flexibility index (Phi) is 8.24. The third kappa shape index (κ3) is 4.01. The molecule has 0 amide bonds. The van der Waals surface area contributed by atoms with Gasteiger partial charge in [0, 0.05) is 0 Å². The molecular weight excluding hydrogens is 675 g/mol. The molecule has 2 heterocycles. The van der Waals surface area contributed by atoms with Crippen molar-refractivity contribution in [1.29, 1.82) is 0 Å². The topological polar surface area (TPSA) is 145 Å². The number of esters is 2. The second-order valence-corrected chi connectivity index (χ2v) is 17.4. The van der Waals surface area contributed by atoms with Crippen molar-refractivity contribution in [3.63, 3.8) is 0 Å². The normalized spacial score (nSPS) is 54.9. The van der Waals surface area contributed by atoms with E-state index in [1.54, 1.807) is 21.3 Å². The van der Waals surface area contributed by atoms with Crippen molar-refractivity contribution in [2.24, 2.45) is 35.0 Å². The quantitative estimate of drug-likeness (QED) is 0.106. The summed E-state index contributed by atoms with van der Waals surface area (Å²) in [6, 6.07) is -0.163. The fourth-order valence-electron chi connectivity index (χ4n) is 11.0. The molecule has 0 radical (unpaired) electrons. The van der Waals surface area contributed by atoms with Crippen LogP contribution in [0.5, 0.6) is 0 Å². The van der Waals surface area contributed by atoms with E-state index in [1.165, 1.54) is 21.0 Å². The van der Waals surface area contributed by atoms with Crippen molar-refractivity contribution in [3.8, 4) is 0 Å². The maximum absolute atomic E-state index is 13.4. The molecule has 6 aliphatic rings. The van der Waals surface area contributed by atoms with E-state index in [0.29, 0.717) is 32.7 Å². The Bertz CT molecular complexity index is 1130. The first-order valence-electron chi connectivity index (χ1n) is 15.3. The fraction of sp³-hybridized carbons (Fsp3) is 0.933. The van der Waals surface area contributed by atoms with Crippen molar-refractivity contribution in [1.82, 2.24) is 8.43 Å². The molecule has 6 rings (SSSR count). The predicted octanol–water partition coefficient (Wildman–Crippen LogP) is -3.07. The molecule has 2 saturated heterocycles. The van der Waals surface area contributed by atoms with Gasteiger partial charge in [-0.2, -0.15) is 0 Å². The Morgan fingerprint density at radius 1 is 0.953 bits per heavy atom. The first-order valence-corrected chi connectivity index (χ1v) is 17.4. The van der Waals surface area contributed by atoms with Crippen LogP contribution in [0, 0.1) is 35.0 Å². The van der Waals surface area contributed by atoms with Crippen LogP contribution in [0.1, 0.15) is 40.5 Å². The Morgan fingerprint density at radius 2 is 1.65 bits per heavy atom. The number of carbonyl (C=O) groups excluding carboxylic acids is 2. The average molecular weight is 724 g/mol. The van der Waals surface area contributed by atoms with Gasteiger partial charge < -0.3 is 0 Å². The van der Waals surface area contributed by atoms with Gasteiger partial charge >= 0.3 is 265 Å². The summed E-state index contributed by atoms with van der Waals surface area (Å²) in [5.74, 6) is -2.73. The summed E-state index contributed by atoms with van der Waals surface area (Å²) >= 11 is -0.824. The van der Waals surface area contributed by atoms with Crippen LogP contribution in [0.4, 0.5) is 0 Å². The second-order valence-electron chi connectivity index (χ2n) is 13.7. The molecule has 2 aliphatic heterocycles. The molecule has 43 heavy (non-hydrogen) atoms. The standard InChI is InChI=1S/C30H48IN2O10/c1-14-22-18-10-28(14,36)25(41-8)26(43-17(4)35)30(22,37)19-11-33-13-32-15(2)27(12-38-5)20(42-16(3)34)9-21(39-6)29(18,31-33)24(27)23(19)40-7/h14-15,18-26,32,36-37H,9-13H2,1-8H3/q-1/t14?,15-,18?,19-,20-,21+,22+,23+,24-,25+,26+,27-,28-,29?,30+/m1/s1. The molecule has 4 unspecified atom stereocenters. The molecule has 6 fully saturated rings. The van der Waals surface area contributed by atoms with Crippen LogP contribution in [-0.2, 0) is 38.0 Å². The Labute approximate surface area is 264 Å². The van der Waals surface area contributed by atoms with E-state index in [0.717, 1.165) is 0 Å². The summed E-state index contributed by atoms with van der Waals surface area (Å²) in [6.45, 7) is 8.24.